The second-order valence-electron chi connectivity index (χ2n) is 7.30. The molecule has 0 bridgehead atoms. The number of hydrogen-bond donors (Lipinski definition) is 1. The second kappa shape index (κ2) is 7.51. The van der Waals surface area contributed by atoms with Gasteiger partial charge in [-0.3, -0.25) is 24.5 Å². The third-order valence-corrected chi connectivity index (χ3v) is 6.79. The van der Waals surface area contributed by atoms with Gasteiger partial charge in [0.05, 0.1) is 16.2 Å². The number of benzene rings is 3. The van der Waals surface area contributed by atoms with Crippen LogP contribution in [0.25, 0.3) is 21.2 Å². The number of nitrogens with zero attached hydrogens (tertiary/aromatic N) is 2. The van der Waals surface area contributed by atoms with E-state index in [4.69, 9.17) is 17.3 Å². The molecule has 1 aliphatic rings. The van der Waals surface area contributed by atoms with E-state index >= 15 is 0 Å². The Morgan fingerprint density at radius 2 is 1.70 bits per heavy atom. The van der Waals surface area contributed by atoms with Gasteiger partial charge in [-0.05, 0) is 35.2 Å². The van der Waals surface area contributed by atoms with Crippen molar-refractivity contribution < 1.29 is 19.3 Å². The SMILES string of the molecule is NC(=O)c1sc(-c2ccc(Cl)cc2)cc1N1C(=O)c2cccc3cc([N+](=O)[O-])cc(c23)C1=O. The Kier molecular flexibility index (Phi) is 4.73. The fraction of sp³-hybridized carbons (Fsp3) is 0. The van der Waals surface area contributed by atoms with Gasteiger partial charge in [-0.25, -0.2) is 4.90 Å². The predicted octanol–water partition coefficient (Wildman–Crippen LogP) is 5.03. The average molecular weight is 478 g/mol. The number of carbonyl (C=O) groups is 3. The van der Waals surface area contributed by atoms with Crippen LogP contribution in [-0.4, -0.2) is 22.6 Å². The number of carbonyl (C=O) groups excluding carboxylic acids is 3. The molecule has 3 amide bonds. The van der Waals surface area contributed by atoms with Crippen LogP contribution in [0, 0.1) is 10.1 Å². The van der Waals surface area contributed by atoms with Crippen molar-refractivity contribution in [3.8, 4) is 10.4 Å². The van der Waals surface area contributed by atoms with Crippen molar-refractivity contribution in [1.82, 2.24) is 0 Å². The first-order valence-electron chi connectivity index (χ1n) is 9.56. The van der Waals surface area contributed by atoms with E-state index in [1.807, 2.05) is 0 Å². The summed E-state index contributed by atoms with van der Waals surface area (Å²) >= 11 is 6.99. The lowest BCUT2D eigenvalue weighted by Crippen LogP contribution is -2.41. The van der Waals surface area contributed by atoms with E-state index in [2.05, 4.69) is 0 Å². The van der Waals surface area contributed by atoms with Crippen LogP contribution in [0.1, 0.15) is 30.4 Å². The number of rotatable bonds is 4. The minimum atomic E-state index is -0.807. The van der Waals surface area contributed by atoms with Crippen molar-refractivity contribution in [3.05, 3.63) is 91.8 Å². The van der Waals surface area contributed by atoms with Crippen LogP contribution in [0.3, 0.4) is 0 Å². The molecule has 0 fully saturated rings. The zero-order valence-corrected chi connectivity index (χ0v) is 18.1. The molecule has 5 rings (SSSR count). The maximum absolute atomic E-state index is 13.5. The van der Waals surface area contributed by atoms with E-state index in [0.29, 0.717) is 26.2 Å². The number of nitrogens with two attached hydrogens (primary N) is 1. The van der Waals surface area contributed by atoms with Crippen LogP contribution in [0.15, 0.2) is 60.7 Å². The van der Waals surface area contributed by atoms with Gasteiger partial charge in [0.15, 0.2) is 0 Å². The molecular weight excluding hydrogens is 466 g/mol. The van der Waals surface area contributed by atoms with Gasteiger partial charge in [0.25, 0.3) is 23.4 Å². The smallest absolute Gasteiger partial charge is 0.270 e. The molecule has 10 heteroatoms. The molecule has 0 aliphatic carbocycles. The molecule has 2 heterocycles. The van der Waals surface area contributed by atoms with Crippen molar-refractivity contribution in [2.45, 2.75) is 0 Å². The highest BCUT2D eigenvalue weighted by atomic mass is 35.5. The third-order valence-electron chi connectivity index (χ3n) is 5.35. The average Bonchev–Trinajstić information content (AvgIpc) is 3.23. The molecule has 0 radical (unpaired) electrons. The summed E-state index contributed by atoms with van der Waals surface area (Å²) < 4.78 is 0. The quantitative estimate of drug-likeness (QED) is 0.251. The predicted molar refractivity (Wildman–Crippen MR) is 125 cm³/mol. The topological polar surface area (TPSA) is 124 Å². The first kappa shape index (κ1) is 20.8. The molecule has 0 saturated carbocycles. The molecule has 0 unspecified atom stereocenters. The lowest BCUT2D eigenvalue weighted by molar-refractivity contribution is -0.384. The molecule has 2 N–H and O–H groups in total. The molecule has 3 aromatic carbocycles. The molecule has 0 atom stereocenters. The number of halogens is 1. The van der Waals surface area contributed by atoms with E-state index in [0.717, 1.165) is 22.3 Å². The molecule has 8 nitrogen and oxygen atoms in total. The first-order chi connectivity index (χ1) is 15.8. The van der Waals surface area contributed by atoms with Gasteiger partial charge in [-0.2, -0.15) is 0 Å². The van der Waals surface area contributed by atoms with Gasteiger partial charge in [0, 0.05) is 33.0 Å². The third kappa shape index (κ3) is 3.25. The zero-order valence-electron chi connectivity index (χ0n) is 16.6. The number of amides is 3. The summed E-state index contributed by atoms with van der Waals surface area (Å²) in [4.78, 5) is 51.4. The maximum atomic E-state index is 13.5. The summed E-state index contributed by atoms with van der Waals surface area (Å²) in [5, 5.41) is 12.7. The number of non-ortho nitro benzene ring substituents is 1. The van der Waals surface area contributed by atoms with Crippen LogP contribution in [0.2, 0.25) is 5.02 Å². The number of nitro groups is 1. The molecule has 4 aromatic rings. The van der Waals surface area contributed by atoms with Gasteiger partial charge in [0.1, 0.15) is 4.88 Å². The number of imide groups is 1. The van der Waals surface area contributed by atoms with Crippen molar-refractivity contribution >= 4 is 62.8 Å². The Balaban J connectivity index is 1.72. The molecule has 0 spiro atoms. The highest BCUT2D eigenvalue weighted by Crippen LogP contribution is 2.41. The summed E-state index contributed by atoms with van der Waals surface area (Å²) in [6.07, 6.45) is 0. The Labute approximate surface area is 194 Å². The normalized spacial score (nSPS) is 12.9. The number of thiophene rings is 1. The minimum Gasteiger partial charge on any atom is -0.365 e. The lowest BCUT2D eigenvalue weighted by Gasteiger charge is -2.27. The van der Waals surface area contributed by atoms with E-state index in [1.165, 1.54) is 18.2 Å². The van der Waals surface area contributed by atoms with E-state index < -0.39 is 22.6 Å². The minimum absolute atomic E-state index is 0.00376. The number of primary amides is 1. The van der Waals surface area contributed by atoms with E-state index in [-0.39, 0.29) is 27.4 Å². The summed E-state index contributed by atoms with van der Waals surface area (Å²) in [6.45, 7) is 0. The van der Waals surface area contributed by atoms with Gasteiger partial charge >= 0.3 is 0 Å². The Morgan fingerprint density at radius 3 is 2.36 bits per heavy atom. The van der Waals surface area contributed by atoms with Crippen molar-refractivity contribution in [2.24, 2.45) is 5.73 Å². The highest BCUT2D eigenvalue weighted by molar-refractivity contribution is 7.18. The van der Waals surface area contributed by atoms with Gasteiger partial charge < -0.3 is 5.73 Å². The van der Waals surface area contributed by atoms with Crippen LogP contribution >= 0.6 is 22.9 Å². The summed E-state index contributed by atoms with van der Waals surface area (Å²) in [5.41, 5.74) is 6.25. The number of nitro benzene ring substituents is 1. The van der Waals surface area contributed by atoms with Crippen molar-refractivity contribution in [3.63, 3.8) is 0 Å². The molecule has 0 saturated heterocycles. The fourth-order valence-corrected chi connectivity index (χ4v) is 5.02. The first-order valence-corrected chi connectivity index (χ1v) is 10.7. The number of anilines is 1. The maximum Gasteiger partial charge on any atom is 0.270 e. The lowest BCUT2D eigenvalue weighted by atomic mass is 9.93. The standard InChI is InChI=1S/C23H12ClN3O5S/c24-13-6-4-11(5-7-13)18-10-17(20(33-18)21(25)28)26-22(29)15-3-1-2-12-8-14(27(31)32)9-16(19(12)15)23(26)30/h1-10H,(H2,25,28). The zero-order chi connectivity index (χ0) is 23.4. The van der Waals surface area contributed by atoms with Crippen LogP contribution < -0.4 is 10.6 Å². The van der Waals surface area contributed by atoms with Crippen LogP contribution in [0.5, 0.6) is 0 Å². The molecule has 33 heavy (non-hydrogen) atoms. The van der Waals surface area contributed by atoms with Crippen LogP contribution in [-0.2, 0) is 0 Å². The summed E-state index contributed by atoms with van der Waals surface area (Å²) in [5.74, 6) is -2.22. The van der Waals surface area contributed by atoms with Crippen molar-refractivity contribution in [2.75, 3.05) is 4.90 Å². The van der Waals surface area contributed by atoms with Gasteiger partial charge in [-0.15, -0.1) is 11.3 Å². The number of hydrogen-bond acceptors (Lipinski definition) is 6. The summed E-state index contributed by atoms with van der Waals surface area (Å²) in [6, 6.07) is 15.5. The molecular formula is C23H12ClN3O5S. The van der Waals surface area contributed by atoms with Crippen LogP contribution in [0.4, 0.5) is 11.4 Å². The molecule has 1 aliphatic heterocycles. The van der Waals surface area contributed by atoms with E-state index in [9.17, 15) is 24.5 Å². The molecule has 162 valence electrons. The monoisotopic (exact) mass is 477 g/mol. The largest absolute Gasteiger partial charge is 0.365 e. The molecule has 1 aromatic heterocycles. The second-order valence-corrected chi connectivity index (χ2v) is 8.78. The van der Waals surface area contributed by atoms with Gasteiger partial charge in [-0.1, -0.05) is 35.9 Å². The van der Waals surface area contributed by atoms with E-state index in [1.54, 1.807) is 36.4 Å². The Morgan fingerprint density at radius 1 is 1.00 bits per heavy atom. The Bertz CT molecular complexity index is 1530. The highest BCUT2D eigenvalue weighted by Gasteiger charge is 2.38. The van der Waals surface area contributed by atoms with Crippen molar-refractivity contribution in [1.29, 1.82) is 0 Å². The van der Waals surface area contributed by atoms with Gasteiger partial charge in [0.2, 0.25) is 0 Å². The Hall–Kier alpha value is -4.08. The summed E-state index contributed by atoms with van der Waals surface area (Å²) in [7, 11) is 0. The fourth-order valence-electron chi connectivity index (χ4n) is 3.90.